The van der Waals surface area contributed by atoms with Crippen LogP contribution in [0.5, 0.6) is 5.75 Å². The third-order valence-corrected chi connectivity index (χ3v) is 3.17. The van der Waals surface area contributed by atoms with E-state index >= 15 is 0 Å². The molecule has 2 aromatic carbocycles. The van der Waals surface area contributed by atoms with Crippen LogP contribution in [0.15, 0.2) is 48.7 Å². The second kappa shape index (κ2) is 5.63. The normalized spacial score (nSPS) is 11.1. The van der Waals surface area contributed by atoms with E-state index in [1.165, 1.54) is 0 Å². The molecule has 4 heteroatoms. The van der Waals surface area contributed by atoms with Gasteiger partial charge in [-0.3, -0.25) is 0 Å². The van der Waals surface area contributed by atoms with Crippen LogP contribution in [-0.4, -0.2) is 17.1 Å². The van der Waals surface area contributed by atoms with Gasteiger partial charge in [-0.25, -0.2) is 9.97 Å². The molecular formula is C17H15N3O. The lowest BCUT2D eigenvalue weighted by molar-refractivity contribution is 0.415. The van der Waals surface area contributed by atoms with E-state index in [1.807, 2.05) is 54.6 Å². The minimum absolute atomic E-state index is 0.656. The van der Waals surface area contributed by atoms with Crippen LogP contribution in [0.25, 0.3) is 23.1 Å². The number of methoxy groups -OCH3 is 1. The maximum absolute atomic E-state index is 5.78. The van der Waals surface area contributed by atoms with Crippen LogP contribution >= 0.6 is 0 Å². The Balaban J connectivity index is 1.87. The van der Waals surface area contributed by atoms with Gasteiger partial charge in [-0.15, -0.1) is 0 Å². The zero-order valence-corrected chi connectivity index (χ0v) is 11.7. The Morgan fingerprint density at radius 1 is 1.05 bits per heavy atom. The maximum Gasteiger partial charge on any atom is 0.152 e. The predicted octanol–water partition coefficient (Wildman–Crippen LogP) is 3.39. The minimum Gasteiger partial charge on any atom is -0.497 e. The van der Waals surface area contributed by atoms with E-state index < -0.39 is 0 Å². The fourth-order valence-corrected chi connectivity index (χ4v) is 2.02. The summed E-state index contributed by atoms with van der Waals surface area (Å²) in [6.45, 7) is 0. The van der Waals surface area contributed by atoms with Crippen LogP contribution in [0.1, 0.15) is 11.4 Å². The lowest BCUT2D eigenvalue weighted by atomic mass is 10.2. The SMILES string of the molecule is COc1ccc(C=Cc2ncc3ccc(N)cc3n2)cc1. The summed E-state index contributed by atoms with van der Waals surface area (Å²) in [5, 5.41) is 0.978. The molecule has 0 aliphatic heterocycles. The summed E-state index contributed by atoms with van der Waals surface area (Å²) < 4.78 is 5.13. The number of nitrogen functional groups attached to an aromatic ring is 1. The highest BCUT2D eigenvalue weighted by atomic mass is 16.5. The van der Waals surface area contributed by atoms with Gasteiger partial charge in [0, 0.05) is 17.3 Å². The highest BCUT2D eigenvalue weighted by Crippen LogP contribution is 2.16. The van der Waals surface area contributed by atoms with Gasteiger partial charge in [-0.05, 0) is 42.0 Å². The Bertz CT molecular complexity index is 795. The quantitative estimate of drug-likeness (QED) is 0.745. The van der Waals surface area contributed by atoms with Crippen molar-refractivity contribution in [3.63, 3.8) is 0 Å². The number of fused-ring (bicyclic) bond motifs is 1. The number of rotatable bonds is 3. The molecule has 0 aliphatic rings. The number of nitrogens with zero attached hydrogens (tertiary/aromatic N) is 2. The maximum atomic E-state index is 5.78. The molecule has 0 saturated heterocycles. The molecule has 1 heterocycles. The van der Waals surface area contributed by atoms with Crippen LogP contribution < -0.4 is 10.5 Å². The first-order valence-electron chi connectivity index (χ1n) is 6.59. The lowest BCUT2D eigenvalue weighted by Crippen LogP contribution is -1.90. The van der Waals surface area contributed by atoms with Crippen molar-refractivity contribution in [2.75, 3.05) is 12.8 Å². The van der Waals surface area contributed by atoms with Crippen LogP contribution in [-0.2, 0) is 0 Å². The number of nitrogens with two attached hydrogens (primary N) is 1. The molecule has 0 amide bonds. The molecule has 0 radical (unpaired) electrons. The summed E-state index contributed by atoms with van der Waals surface area (Å²) >= 11 is 0. The molecule has 0 unspecified atom stereocenters. The number of hydrogen-bond acceptors (Lipinski definition) is 4. The fourth-order valence-electron chi connectivity index (χ4n) is 2.02. The molecule has 0 spiro atoms. The van der Waals surface area contributed by atoms with Crippen LogP contribution in [0.2, 0.25) is 0 Å². The monoisotopic (exact) mass is 277 g/mol. The molecule has 0 atom stereocenters. The van der Waals surface area contributed by atoms with Crippen molar-refractivity contribution in [1.82, 2.24) is 9.97 Å². The second-order valence-corrected chi connectivity index (χ2v) is 4.65. The van der Waals surface area contributed by atoms with Gasteiger partial charge in [0.25, 0.3) is 0 Å². The molecule has 21 heavy (non-hydrogen) atoms. The van der Waals surface area contributed by atoms with Gasteiger partial charge in [0.1, 0.15) is 5.75 Å². The largest absolute Gasteiger partial charge is 0.497 e. The summed E-state index contributed by atoms with van der Waals surface area (Å²) in [7, 11) is 1.65. The molecular weight excluding hydrogens is 262 g/mol. The molecule has 0 bridgehead atoms. The van der Waals surface area contributed by atoms with Crippen LogP contribution in [0, 0.1) is 0 Å². The first-order valence-corrected chi connectivity index (χ1v) is 6.59. The van der Waals surface area contributed by atoms with Crippen LogP contribution in [0.4, 0.5) is 5.69 Å². The van der Waals surface area contributed by atoms with Gasteiger partial charge >= 0.3 is 0 Å². The lowest BCUT2D eigenvalue weighted by Gasteiger charge is -2.00. The van der Waals surface area contributed by atoms with E-state index in [9.17, 15) is 0 Å². The van der Waals surface area contributed by atoms with Crippen molar-refractivity contribution < 1.29 is 4.74 Å². The first-order chi connectivity index (χ1) is 10.2. The summed E-state index contributed by atoms with van der Waals surface area (Å²) in [6, 6.07) is 13.4. The summed E-state index contributed by atoms with van der Waals surface area (Å²) in [4.78, 5) is 8.80. The Kier molecular flexibility index (Phi) is 3.51. The number of benzene rings is 2. The van der Waals surface area contributed by atoms with Crippen molar-refractivity contribution in [3.8, 4) is 5.75 Å². The molecule has 0 fully saturated rings. The van der Waals surface area contributed by atoms with Gasteiger partial charge in [0.15, 0.2) is 5.82 Å². The number of hydrogen-bond donors (Lipinski definition) is 1. The van der Waals surface area contributed by atoms with Crippen LogP contribution in [0.3, 0.4) is 0 Å². The van der Waals surface area contributed by atoms with Crippen molar-refractivity contribution >= 4 is 28.7 Å². The highest BCUT2D eigenvalue weighted by molar-refractivity contribution is 5.82. The van der Waals surface area contributed by atoms with E-state index in [2.05, 4.69) is 9.97 Å². The smallest absolute Gasteiger partial charge is 0.152 e. The number of anilines is 1. The van der Waals surface area contributed by atoms with Crippen molar-refractivity contribution in [1.29, 1.82) is 0 Å². The zero-order valence-electron chi connectivity index (χ0n) is 11.7. The average Bonchev–Trinajstić information content (AvgIpc) is 2.53. The molecule has 1 aromatic heterocycles. The predicted molar refractivity (Wildman–Crippen MR) is 85.9 cm³/mol. The molecule has 104 valence electrons. The first kappa shape index (κ1) is 13.1. The van der Waals surface area contributed by atoms with E-state index in [0.29, 0.717) is 11.5 Å². The Hall–Kier alpha value is -2.88. The van der Waals surface area contributed by atoms with Crippen molar-refractivity contribution in [2.45, 2.75) is 0 Å². The Morgan fingerprint density at radius 2 is 1.86 bits per heavy atom. The Morgan fingerprint density at radius 3 is 2.62 bits per heavy atom. The van der Waals surface area contributed by atoms with Gasteiger partial charge in [0.05, 0.1) is 12.6 Å². The summed E-state index contributed by atoms with van der Waals surface area (Å²) in [5.41, 5.74) is 8.39. The zero-order chi connectivity index (χ0) is 14.7. The third kappa shape index (κ3) is 3.00. The number of ether oxygens (including phenoxy) is 1. The van der Waals surface area contributed by atoms with E-state index in [-0.39, 0.29) is 0 Å². The molecule has 0 aliphatic carbocycles. The topological polar surface area (TPSA) is 61.0 Å². The number of aromatic nitrogens is 2. The van der Waals surface area contributed by atoms with Gasteiger partial charge in [0.2, 0.25) is 0 Å². The molecule has 0 saturated carbocycles. The Labute approximate surface area is 122 Å². The van der Waals surface area contributed by atoms with Gasteiger partial charge in [-0.1, -0.05) is 18.2 Å². The van der Waals surface area contributed by atoms with E-state index in [4.69, 9.17) is 10.5 Å². The molecule has 4 nitrogen and oxygen atoms in total. The molecule has 3 aromatic rings. The van der Waals surface area contributed by atoms with E-state index in [0.717, 1.165) is 22.2 Å². The van der Waals surface area contributed by atoms with Crippen molar-refractivity contribution in [2.24, 2.45) is 0 Å². The molecule has 3 rings (SSSR count). The fraction of sp³-hybridized carbons (Fsp3) is 0.0588. The van der Waals surface area contributed by atoms with Crippen molar-refractivity contribution in [3.05, 3.63) is 60.0 Å². The third-order valence-electron chi connectivity index (χ3n) is 3.17. The standard InChI is InChI=1S/C17H15N3O/c1-21-15-7-2-12(3-8-15)4-9-17-19-11-13-5-6-14(18)10-16(13)20-17/h2-11H,18H2,1H3. The summed E-state index contributed by atoms with van der Waals surface area (Å²) in [6.07, 6.45) is 5.65. The van der Waals surface area contributed by atoms with Gasteiger partial charge < -0.3 is 10.5 Å². The molecule has 2 N–H and O–H groups in total. The second-order valence-electron chi connectivity index (χ2n) is 4.65. The average molecular weight is 277 g/mol. The highest BCUT2D eigenvalue weighted by Gasteiger charge is 1.98. The van der Waals surface area contributed by atoms with Gasteiger partial charge in [-0.2, -0.15) is 0 Å². The van der Waals surface area contributed by atoms with E-state index in [1.54, 1.807) is 13.3 Å². The minimum atomic E-state index is 0.656. The summed E-state index contributed by atoms with van der Waals surface area (Å²) in [5.74, 6) is 1.49.